The van der Waals surface area contributed by atoms with Gasteiger partial charge in [-0.05, 0) is 12.8 Å². The van der Waals surface area contributed by atoms with Crippen LogP contribution in [-0.4, -0.2) is 25.3 Å². The Kier molecular flexibility index (Phi) is 12.7. The molecule has 3 heteroatoms. The minimum absolute atomic E-state index is 0.350. The molecule has 0 aromatic carbocycles. The summed E-state index contributed by atoms with van der Waals surface area (Å²) in [5.74, 6) is -0.350. The Morgan fingerprint density at radius 1 is 0.778 bits per heavy atom. The number of halogens is 1. The maximum Gasteiger partial charge on any atom is 0.167 e. The first-order valence-electron chi connectivity index (χ1n) is 7.41. The lowest BCUT2D eigenvalue weighted by atomic mass is 10.0. The highest BCUT2D eigenvalue weighted by Crippen LogP contribution is 2.26. The van der Waals surface area contributed by atoms with Crippen molar-refractivity contribution in [1.29, 1.82) is 0 Å². The first-order chi connectivity index (χ1) is 8.74. The molecule has 0 unspecified atom stereocenters. The highest BCUT2D eigenvalue weighted by molar-refractivity contribution is 9.09. The molecule has 0 aromatic rings. The average molecular weight is 323 g/mol. The minimum Gasteiger partial charge on any atom is -0.353 e. The second-order valence-corrected chi connectivity index (χ2v) is 5.78. The zero-order chi connectivity index (χ0) is 13.7. The maximum atomic E-state index is 5.59. The number of hydrogen-bond acceptors (Lipinski definition) is 2. The van der Waals surface area contributed by atoms with Crippen molar-refractivity contribution in [2.24, 2.45) is 0 Å². The van der Waals surface area contributed by atoms with Crippen LogP contribution in [0.4, 0.5) is 0 Å². The van der Waals surface area contributed by atoms with Crippen LogP contribution < -0.4 is 0 Å². The molecule has 0 fully saturated rings. The van der Waals surface area contributed by atoms with Gasteiger partial charge in [-0.2, -0.15) is 0 Å². The van der Waals surface area contributed by atoms with E-state index < -0.39 is 0 Å². The molecule has 0 amide bonds. The van der Waals surface area contributed by atoms with Gasteiger partial charge in [0.25, 0.3) is 0 Å². The lowest BCUT2D eigenvalue weighted by molar-refractivity contribution is -0.215. The molecule has 0 rings (SSSR count). The molecule has 0 aliphatic carbocycles. The molecule has 0 aromatic heterocycles. The van der Waals surface area contributed by atoms with Crippen LogP contribution in [0.25, 0.3) is 0 Å². The van der Waals surface area contributed by atoms with Crippen LogP contribution in [0.2, 0.25) is 0 Å². The molecule has 0 radical (unpaired) electrons. The van der Waals surface area contributed by atoms with Gasteiger partial charge in [0.2, 0.25) is 0 Å². The van der Waals surface area contributed by atoms with Gasteiger partial charge in [0.15, 0.2) is 5.79 Å². The van der Waals surface area contributed by atoms with E-state index in [4.69, 9.17) is 9.47 Å². The molecule has 0 heterocycles. The number of alkyl halides is 1. The Labute approximate surface area is 122 Å². The summed E-state index contributed by atoms with van der Waals surface area (Å²) in [5, 5.41) is 1.01. The van der Waals surface area contributed by atoms with Crippen LogP contribution in [-0.2, 0) is 9.47 Å². The Balaban J connectivity index is 3.69. The van der Waals surface area contributed by atoms with Gasteiger partial charge in [0, 0.05) is 32.4 Å². The number of methoxy groups -OCH3 is 2. The third-order valence-electron chi connectivity index (χ3n) is 3.60. The van der Waals surface area contributed by atoms with E-state index in [0.29, 0.717) is 0 Å². The summed E-state index contributed by atoms with van der Waals surface area (Å²) in [6.45, 7) is 2.26. The molecule has 0 atom stereocenters. The van der Waals surface area contributed by atoms with Gasteiger partial charge in [-0.15, -0.1) is 0 Å². The fraction of sp³-hybridized carbons (Fsp3) is 1.00. The van der Waals surface area contributed by atoms with Crippen LogP contribution in [0, 0.1) is 0 Å². The molecule has 0 aliphatic heterocycles. The molecule has 0 aliphatic rings. The van der Waals surface area contributed by atoms with Crippen molar-refractivity contribution in [1.82, 2.24) is 0 Å². The third-order valence-corrected chi connectivity index (χ3v) is 4.16. The van der Waals surface area contributed by atoms with Crippen LogP contribution in [0.5, 0.6) is 0 Å². The van der Waals surface area contributed by atoms with Crippen molar-refractivity contribution in [3.8, 4) is 0 Å². The second kappa shape index (κ2) is 12.4. The summed E-state index contributed by atoms with van der Waals surface area (Å²) in [7, 11) is 3.53. The minimum atomic E-state index is -0.350. The lowest BCUT2D eigenvalue weighted by Gasteiger charge is -2.31. The Morgan fingerprint density at radius 3 is 1.78 bits per heavy atom. The molecule has 18 heavy (non-hydrogen) atoms. The molecule has 0 saturated carbocycles. The van der Waals surface area contributed by atoms with Crippen LogP contribution in [0.3, 0.4) is 0 Å². The zero-order valence-corrected chi connectivity index (χ0v) is 14.1. The normalized spacial score (nSPS) is 12.0. The molecule has 110 valence electrons. The number of hydrogen-bond donors (Lipinski definition) is 0. The monoisotopic (exact) mass is 322 g/mol. The number of rotatable bonds is 13. The summed E-state index contributed by atoms with van der Waals surface area (Å²) in [6, 6.07) is 0. The average Bonchev–Trinajstić information content (AvgIpc) is 2.42. The van der Waals surface area contributed by atoms with Gasteiger partial charge < -0.3 is 9.47 Å². The number of unbranched alkanes of at least 4 members (excludes halogenated alkanes) is 6. The van der Waals surface area contributed by atoms with E-state index in [1.807, 2.05) is 0 Å². The van der Waals surface area contributed by atoms with E-state index in [2.05, 4.69) is 22.9 Å². The van der Waals surface area contributed by atoms with E-state index in [1.165, 1.54) is 44.9 Å². The van der Waals surface area contributed by atoms with Gasteiger partial charge in [0.05, 0.1) is 0 Å². The SMILES string of the molecule is CCCCCCCCCC(CCCBr)(OC)OC. The van der Waals surface area contributed by atoms with Crippen molar-refractivity contribution >= 4 is 15.9 Å². The molecule has 2 nitrogen and oxygen atoms in total. The third kappa shape index (κ3) is 8.49. The molecular weight excluding hydrogens is 292 g/mol. The largest absolute Gasteiger partial charge is 0.353 e. The summed E-state index contributed by atoms with van der Waals surface area (Å²) in [5.41, 5.74) is 0. The van der Waals surface area contributed by atoms with E-state index in [-0.39, 0.29) is 5.79 Å². The van der Waals surface area contributed by atoms with Crippen molar-refractivity contribution in [3.05, 3.63) is 0 Å². The quantitative estimate of drug-likeness (QED) is 0.260. The lowest BCUT2D eigenvalue weighted by Crippen LogP contribution is -2.33. The highest BCUT2D eigenvalue weighted by atomic mass is 79.9. The Bertz CT molecular complexity index is 170. The predicted octanol–water partition coefficient (Wildman–Crippen LogP) is 5.29. The van der Waals surface area contributed by atoms with Gasteiger partial charge in [0.1, 0.15) is 0 Å². The van der Waals surface area contributed by atoms with Gasteiger partial charge >= 0.3 is 0 Å². The van der Waals surface area contributed by atoms with Crippen molar-refractivity contribution in [2.45, 2.75) is 76.9 Å². The highest BCUT2D eigenvalue weighted by Gasteiger charge is 2.27. The van der Waals surface area contributed by atoms with Crippen LogP contribution in [0.1, 0.15) is 71.1 Å². The standard InChI is InChI=1S/C15H31BrO2/c1-4-5-6-7-8-9-10-12-15(17-2,18-3)13-11-14-16/h4-14H2,1-3H3. The smallest absolute Gasteiger partial charge is 0.167 e. The van der Waals surface area contributed by atoms with E-state index >= 15 is 0 Å². The molecule has 0 bridgehead atoms. The second-order valence-electron chi connectivity index (χ2n) is 4.98. The Morgan fingerprint density at radius 2 is 1.28 bits per heavy atom. The molecule has 0 saturated heterocycles. The maximum absolute atomic E-state index is 5.59. The Hall–Kier alpha value is 0.400. The summed E-state index contributed by atoms with van der Waals surface area (Å²) >= 11 is 3.47. The van der Waals surface area contributed by atoms with E-state index in [0.717, 1.165) is 24.6 Å². The molecule has 0 N–H and O–H groups in total. The summed E-state index contributed by atoms with van der Waals surface area (Å²) in [4.78, 5) is 0. The summed E-state index contributed by atoms with van der Waals surface area (Å²) in [6.07, 6.45) is 12.4. The first-order valence-corrected chi connectivity index (χ1v) is 8.53. The summed E-state index contributed by atoms with van der Waals surface area (Å²) < 4.78 is 11.2. The predicted molar refractivity (Wildman–Crippen MR) is 82.4 cm³/mol. The van der Waals surface area contributed by atoms with Gasteiger partial charge in [-0.1, -0.05) is 61.4 Å². The molecule has 0 spiro atoms. The molecular formula is C15H31BrO2. The van der Waals surface area contributed by atoms with Crippen LogP contribution >= 0.6 is 15.9 Å². The fourth-order valence-electron chi connectivity index (χ4n) is 2.30. The van der Waals surface area contributed by atoms with Crippen molar-refractivity contribution in [3.63, 3.8) is 0 Å². The van der Waals surface area contributed by atoms with Crippen LogP contribution in [0.15, 0.2) is 0 Å². The zero-order valence-electron chi connectivity index (χ0n) is 12.5. The van der Waals surface area contributed by atoms with Crippen molar-refractivity contribution in [2.75, 3.05) is 19.5 Å². The van der Waals surface area contributed by atoms with E-state index in [1.54, 1.807) is 14.2 Å². The fourth-order valence-corrected chi connectivity index (χ4v) is 2.58. The van der Waals surface area contributed by atoms with Gasteiger partial charge in [-0.25, -0.2) is 0 Å². The first kappa shape index (κ1) is 18.4. The van der Waals surface area contributed by atoms with Crippen molar-refractivity contribution < 1.29 is 9.47 Å². The topological polar surface area (TPSA) is 18.5 Å². The number of ether oxygens (including phenoxy) is 2. The van der Waals surface area contributed by atoms with Gasteiger partial charge in [-0.3, -0.25) is 0 Å². The van der Waals surface area contributed by atoms with E-state index in [9.17, 15) is 0 Å².